The van der Waals surface area contributed by atoms with E-state index in [4.69, 9.17) is 34.8 Å². The average Bonchev–Trinajstić information content (AvgIpc) is 4.18. The van der Waals surface area contributed by atoms with Crippen LogP contribution in [0.25, 0.3) is 45.0 Å². The third-order valence-electron chi connectivity index (χ3n) is 13.2. The van der Waals surface area contributed by atoms with Crippen LogP contribution in [0.3, 0.4) is 0 Å². The quantitative estimate of drug-likeness (QED) is 0.163. The van der Waals surface area contributed by atoms with Gasteiger partial charge in [-0.3, -0.25) is 38.4 Å². The van der Waals surface area contributed by atoms with Gasteiger partial charge in [-0.15, -0.1) is 0 Å². The molecule has 4 aromatic heterocycles. The summed E-state index contributed by atoms with van der Waals surface area (Å²) in [6.45, 7) is 7.77. The third kappa shape index (κ3) is 8.69. The summed E-state index contributed by atoms with van der Waals surface area (Å²) < 4.78 is 18.6. The minimum absolute atomic E-state index is 0.114. The van der Waals surface area contributed by atoms with Crippen LogP contribution in [0.15, 0.2) is 72.8 Å². The fourth-order valence-electron chi connectivity index (χ4n) is 9.48. The lowest BCUT2D eigenvalue weighted by Gasteiger charge is -2.15. The van der Waals surface area contributed by atoms with Gasteiger partial charge >= 0.3 is 0 Å². The van der Waals surface area contributed by atoms with Crippen LogP contribution in [0.4, 0.5) is 4.39 Å². The number of benzene rings is 4. The first-order valence-electron chi connectivity index (χ1n) is 23.6. The molecular formula is C55H42Cl3FN8O8. The second-order valence-electron chi connectivity index (χ2n) is 17.6. The molecule has 16 nitrogen and oxygen atoms in total. The van der Waals surface area contributed by atoms with Gasteiger partial charge < -0.3 is 18.7 Å². The van der Waals surface area contributed by atoms with Crippen molar-refractivity contribution in [3.63, 3.8) is 0 Å². The number of aromatic nitrogens is 8. The Hall–Kier alpha value is -8.12. The molecule has 0 atom stereocenters. The normalized spacial score (nSPS) is 13.4. The number of aryl methyl sites for hydroxylation is 4. The topological polar surface area (TPSA) is 219 Å². The van der Waals surface area contributed by atoms with Crippen molar-refractivity contribution in [2.45, 2.75) is 53.4 Å². The van der Waals surface area contributed by atoms with Crippen molar-refractivity contribution in [2.75, 3.05) is 0 Å². The van der Waals surface area contributed by atoms with E-state index in [1.54, 1.807) is 65.7 Å². The summed E-state index contributed by atoms with van der Waals surface area (Å²) in [6.07, 6.45) is 2.74. The molecule has 4 heterocycles. The minimum Gasteiger partial charge on any atom is -0.339 e. The van der Waals surface area contributed by atoms with E-state index >= 15 is 0 Å². The molecule has 12 rings (SSSR count). The number of hydrogen-bond donors (Lipinski definition) is 1. The molecule has 0 bridgehead atoms. The minimum atomic E-state index is -0.692. The van der Waals surface area contributed by atoms with Crippen LogP contribution in [0.2, 0.25) is 15.1 Å². The first-order chi connectivity index (χ1) is 35.7. The van der Waals surface area contributed by atoms with Crippen LogP contribution >= 0.6 is 34.8 Å². The van der Waals surface area contributed by atoms with Crippen LogP contribution in [0, 0.1) is 5.82 Å². The molecule has 4 aliphatic carbocycles. The monoisotopic (exact) mass is 1070 g/mol. The van der Waals surface area contributed by atoms with Crippen molar-refractivity contribution in [1.82, 2.24) is 38.6 Å². The second-order valence-corrected chi connectivity index (χ2v) is 18.9. The smallest absolute Gasteiger partial charge is 0.254 e. The lowest BCUT2D eigenvalue weighted by molar-refractivity contribution is 0.0810. The number of nitrogens with one attached hydrogen (secondary N) is 1. The number of hydrogen-bond acceptors (Lipinski definition) is 12. The molecule has 4 aromatic carbocycles. The maximum atomic E-state index is 13.3. The molecule has 0 amide bonds. The molecule has 378 valence electrons. The Kier molecular flexibility index (Phi) is 13.8. The molecule has 0 aliphatic heterocycles. The lowest BCUT2D eigenvalue weighted by atomic mass is 9.90. The Morgan fingerprint density at radius 1 is 0.400 bits per heavy atom. The highest BCUT2D eigenvalue weighted by Crippen LogP contribution is 2.38. The molecule has 75 heavy (non-hydrogen) atoms. The summed E-state index contributed by atoms with van der Waals surface area (Å²) in [6, 6.07) is 18.8. The van der Waals surface area contributed by atoms with Crippen molar-refractivity contribution >= 4 is 81.1 Å². The number of H-pyrrole nitrogens is 1. The molecule has 0 unspecified atom stereocenters. The number of rotatable bonds is 4. The molecular weight excluding hydrogens is 1030 g/mol. The first kappa shape index (κ1) is 51.8. The molecule has 0 saturated carbocycles. The predicted molar refractivity (Wildman–Crippen MR) is 277 cm³/mol. The number of fused-ring (bicyclic) bond motifs is 12. The van der Waals surface area contributed by atoms with Gasteiger partial charge in [-0.25, -0.2) is 24.3 Å². The van der Waals surface area contributed by atoms with Gasteiger partial charge in [-0.05, 0) is 54.6 Å². The summed E-state index contributed by atoms with van der Waals surface area (Å²) in [7, 11) is 5.41. The predicted octanol–water partition coefficient (Wildman–Crippen LogP) is 10.2. The molecule has 0 saturated heterocycles. The summed E-state index contributed by atoms with van der Waals surface area (Å²) in [5, 5.41) is 1.32. The number of Topliss-reactive ketones (excluding diaryl/α,β-unsaturated/α-hetero) is 8. The van der Waals surface area contributed by atoms with E-state index in [-0.39, 0.29) is 22.6 Å². The summed E-state index contributed by atoms with van der Waals surface area (Å²) in [4.78, 5) is 117. The number of carbonyl (C=O) groups is 8. The van der Waals surface area contributed by atoms with Crippen molar-refractivity contribution in [1.29, 1.82) is 0 Å². The second kappa shape index (κ2) is 20.0. The van der Waals surface area contributed by atoms with Gasteiger partial charge in [0.05, 0.1) is 11.4 Å². The van der Waals surface area contributed by atoms with E-state index in [1.807, 2.05) is 39.3 Å². The largest absolute Gasteiger partial charge is 0.339 e. The Bertz CT molecular complexity index is 3750. The van der Waals surface area contributed by atoms with Gasteiger partial charge in [0, 0.05) is 106 Å². The van der Waals surface area contributed by atoms with Crippen LogP contribution < -0.4 is 0 Å². The zero-order valence-electron chi connectivity index (χ0n) is 41.2. The summed E-state index contributed by atoms with van der Waals surface area (Å²) in [5.74, 6) is -2.10. The molecule has 0 spiro atoms. The molecule has 4 aliphatic rings. The van der Waals surface area contributed by atoms with E-state index in [1.165, 1.54) is 24.3 Å². The maximum absolute atomic E-state index is 13.3. The van der Waals surface area contributed by atoms with E-state index in [9.17, 15) is 42.7 Å². The fraction of sp³-hybridized carbons (Fsp3) is 0.200. The van der Waals surface area contributed by atoms with Gasteiger partial charge in [-0.2, -0.15) is 0 Å². The van der Waals surface area contributed by atoms with Gasteiger partial charge in [-0.1, -0.05) is 80.7 Å². The van der Waals surface area contributed by atoms with Gasteiger partial charge in [0.2, 0.25) is 23.1 Å². The van der Waals surface area contributed by atoms with Crippen molar-refractivity contribution in [3.8, 4) is 45.0 Å². The zero-order chi connectivity index (χ0) is 54.1. The number of nitrogens with zero attached hydrogens (tertiary/aromatic N) is 7. The fourth-order valence-corrected chi connectivity index (χ4v) is 10.00. The average molecular weight is 1070 g/mol. The number of carbonyl (C=O) groups excluding carboxylic acids is 8. The highest BCUT2D eigenvalue weighted by Gasteiger charge is 2.38. The van der Waals surface area contributed by atoms with Crippen molar-refractivity contribution in [2.24, 2.45) is 21.1 Å². The van der Waals surface area contributed by atoms with Gasteiger partial charge in [0.15, 0.2) is 0 Å². The number of ketones is 8. The summed E-state index contributed by atoms with van der Waals surface area (Å²) >= 11 is 17.7. The molecule has 1 N–H and O–H groups in total. The first-order valence-corrected chi connectivity index (χ1v) is 24.7. The van der Waals surface area contributed by atoms with Crippen molar-refractivity contribution in [3.05, 3.63) is 162 Å². The highest BCUT2D eigenvalue weighted by atomic mass is 35.5. The van der Waals surface area contributed by atoms with E-state index in [0.29, 0.717) is 108 Å². The van der Waals surface area contributed by atoms with Gasteiger partial charge in [0.1, 0.15) is 63.3 Å². The van der Waals surface area contributed by atoms with Crippen LogP contribution in [0.5, 0.6) is 0 Å². The van der Waals surface area contributed by atoms with E-state index in [2.05, 4.69) is 24.9 Å². The highest BCUT2D eigenvalue weighted by molar-refractivity contribution is 6.54. The van der Waals surface area contributed by atoms with Gasteiger partial charge in [0.25, 0.3) is 23.1 Å². The van der Waals surface area contributed by atoms with Crippen LogP contribution in [0.1, 0.15) is 134 Å². The molecule has 20 heteroatoms. The standard InChI is InChI=1S/2C14H11ClN2O2.C14H11FN2O2.C13H9ClN2O2/c1-3-10-16-11-12(17(10)2)8-5-4-7(15)6-9(8)13(18)14(11)19;1-3-10-16-11-8-5-4-7(15)6-9(8)13(18)14(19)12(11)17(10)2;1-3-10-16-11-12(17(10)2)8-5-4-7(15)6-9(8)13(18)14(11)19;1-2-9-15-10-7-4-3-6(14)5-8(7)12(17)13(18)11(10)16-9/h3*4-6H,3H2,1-2H3;3-5H,2H2,1H3,(H,15,16). The number of imidazole rings is 4. The lowest BCUT2D eigenvalue weighted by Crippen LogP contribution is -2.23. The third-order valence-corrected chi connectivity index (χ3v) is 13.9. The zero-order valence-corrected chi connectivity index (χ0v) is 43.4. The summed E-state index contributed by atoms with van der Waals surface area (Å²) in [5.41, 5.74) is 7.26. The Morgan fingerprint density at radius 3 is 1.24 bits per heavy atom. The SMILES string of the molecule is CCc1nc2c([nH]1)C(=O)C(=O)c1cc(Cl)ccc1-2.CCc1nc2c(n1C)-c1ccc(Cl)cc1C(=O)C2=O.CCc1nc2c(n1C)-c1ccc(F)cc1C(=O)C2=O.CCc1nc2c(n1C)C(=O)C(=O)c1cc(Cl)ccc1-2. The molecule has 0 fully saturated rings. The maximum Gasteiger partial charge on any atom is 0.254 e. The van der Waals surface area contributed by atoms with E-state index < -0.39 is 52.1 Å². The Labute approximate surface area is 441 Å². The number of halogens is 4. The number of aromatic amines is 1. The van der Waals surface area contributed by atoms with Crippen molar-refractivity contribution < 1.29 is 42.7 Å². The van der Waals surface area contributed by atoms with E-state index in [0.717, 1.165) is 29.1 Å². The molecule has 8 aromatic rings. The van der Waals surface area contributed by atoms with Crippen LogP contribution in [-0.2, 0) is 46.8 Å². The Morgan fingerprint density at radius 2 is 0.773 bits per heavy atom. The molecule has 0 radical (unpaired) electrons. The Balaban J connectivity index is 0.000000122. The van der Waals surface area contributed by atoms with Crippen LogP contribution in [-0.4, -0.2) is 84.9 Å².